The molecular weight excluding hydrogens is 420 g/mol. The molecular formula is C25H50N4O4. The van der Waals surface area contributed by atoms with Crippen LogP contribution in [-0.2, 0) is 4.74 Å². The maximum Gasteiger partial charge on any atom is 0.407 e. The van der Waals surface area contributed by atoms with Crippen LogP contribution < -0.4 is 10.6 Å². The Bertz CT molecular complexity index is 614. The van der Waals surface area contributed by atoms with Gasteiger partial charge in [0.1, 0.15) is 6.10 Å². The number of hydroxylamine groups is 4. The molecule has 33 heavy (non-hydrogen) atoms. The Hall–Kier alpha value is -0.930. The summed E-state index contributed by atoms with van der Waals surface area (Å²) in [5.74, 6) is 0. The summed E-state index contributed by atoms with van der Waals surface area (Å²) in [5.41, 5.74) is -1.30. The van der Waals surface area contributed by atoms with E-state index in [1.165, 1.54) is 10.1 Å². The van der Waals surface area contributed by atoms with Gasteiger partial charge in [-0.15, -0.1) is 0 Å². The zero-order chi connectivity index (χ0) is 25.1. The van der Waals surface area contributed by atoms with E-state index in [1.54, 1.807) is 0 Å². The average Bonchev–Trinajstić information content (AvgIpc) is 2.65. The van der Waals surface area contributed by atoms with Crippen molar-refractivity contribution in [2.75, 3.05) is 13.1 Å². The lowest BCUT2D eigenvalue weighted by atomic mass is 9.79. The minimum atomic E-state index is -0.429. The smallest absolute Gasteiger partial charge is 0.407 e. The lowest BCUT2D eigenvalue weighted by molar-refractivity contribution is -0.256. The highest BCUT2D eigenvalue weighted by molar-refractivity contribution is 5.67. The highest BCUT2D eigenvalue weighted by Crippen LogP contribution is 2.38. The van der Waals surface area contributed by atoms with E-state index in [0.29, 0.717) is 25.4 Å². The second-order valence-corrected chi connectivity index (χ2v) is 12.7. The largest absolute Gasteiger partial charge is 0.446 e. The van der Waals surface area contributed by atoms with E-state index in [0.717, 1.165) is 45.1 Å². The number of nitrogens with zero attached hydrogens (tertiary/aromatic N) is 2. The van der Waals surface area contributed by atoms with Crippen molar-refractivity contribution in [3.05, 3.63) is 0 Å². The fourth-order valence-corrected chi connectivity index (χ4v) is 5.97. The molecule has 0 atom stereocenters. The standard InChI is InChI=1S/C25H50N4O4/c1-22(2)15-19(16-23(3,4)28(22)31)26-13-11-9-10-12-14-27-21(30)33-20-17-24(5,6)29(32)25(7,8)18-20/h19-20,26,31-32H,9-18H2,1-8H3,(H,27,30). The molecule has 0 aromatic rings. The highest BCUT2D eigenvalue weighted by atomic mass is 16.6. The molecule has 2 fully saturated rings. The van der Waals surface area contributed by atoms with Gasteiger partial charge in [0.05, 0.1) is 0 Å². The van der Waals surface area contributed by atoms with Gasteiger partial charge in [0, 0.05) is 47.6 Å². The molecule has 2 heterocycles. The molecule has 2 rings (SSSR count). The van der Waals surface area contributed by atoms with Crippen molar-refractivity contribution in [2.24, 2.45) is 0 Å². The minimum absolute atomic E-state index is 0.197. The van der Waals surface area contributed by atoms with Crippen LogP contribution in [0.25, 0.3) is 0 Å². The number of carbonyl (C=O) groups is 1. The summed E-state index contributed by atoms with van der Waals surface area (Å²) in [7, 11) is 0. The Balaban J connectivity index is 1.56. The summed E-state index contributed by atoms with van der Waals surface area (Å²) < 4.78 is 5.65. The summed E-state index contributed by atoms with van der Waals surface area (Å²) in [6.45, 7) is 17.8. The van der Waals surface area contributed by atoms with E-state index in [1.807, 2.05) is 27.7 Å². The van der Waals surface area contributed by atoms with Gasteiger partial charge in [-0.05, 0) is 87.6 Å². The van der Waals surface area contributed by atoms with Gasteiger partial charge in [-0.25, -0.2) is 4.79 Å². The predicted octanol–water partition coefficient (Wildman–Crippen LogP) is 4.68. The van der Waals surface area contributed by atoms with Gasteiger partial charge in [-0.3, -0.25) is 0 Å². The summed E-state index contributed by atoms with van der Waals surface area (Å²) in [5, 5.41) is 30.3. The Labute approximate surface area is 201 Å². The quantitative estimate of drug-likeness (QED) is 0.363. The molecule has 2 aliphatic heterocycles. The summed E-state index contributed by atoms with van der Waals surface area (Å²) in [6.07, 6.45) is 6.76. The number of carbonyl (C=O) groups excluding carboxylic acids is 1. The molecule has 0 aliphatic carbocycles. The number of rotatable bonds is 9. The van der Waals surface area contributed by atoms with Crippen LogP contribution in [0.5, 0.6) is 0 Å². The molecule has 4 N–H and O–H groups in total. The first-order chi connectivity index (χ1) is 15.1. The van der Waals surface area contributed by atoms with E-state index in [4.69, 9.17) is 4.74 Å². The van der Waals surface area contributed by atoms with Crippen molar-refractivity contribution >= 4 is 6.09 Å². The van der Waals surface area contributed by atoms with Crippen molar-refractivity contribution in [3.8, 4) is 0 Å². The van der Waals surface area contributed by atoms with Gasteiger partial charge in [0.25, 0.3) is 0 Å². The zero-order valence-corrected chi connectivity index (χ0v) is 22.3. The Morgan fingerprint density at radius 2 is 1.18 bits per heavy atom. The summed E-state index contributed by atoms with van der Waals surface area (Å²) in [4.78, 5) is 12.2. The van der Waals surface area contributed by atoms with Crippen molar-refractivity contribution in [1.29, 1.82) is 0 Å². The van der Waals surface area contributed by atoms with Gasteiger partial charge < -0.3 is 25.8 Å². The number of hydrogen-bond donors (Lipinski definition) is 4. The van der Waals surface area contributed by atoms with Gasteiger partial charge in [-0.1, -0.05) is 12.8 Å². The zero-order valence-electron chi connectivity index (χ0n) is 22.3. The van der Waals surface area contributed by atoms with E-state index in [-0.39, 0.29) is 23.3 Å². The third kappa shape index (κ3) is 7.79. The molecule has 0 unspecified atom stereocenters. The predicted molar refractivity (Wildman–Crippen MR) is 131 cm³/mol. The number of piperidine rings is 2. The normalized spacial score (nSPS) is 25.6. The van der Waals surface area contributed by atoms with Crippen LogP contribution in [0.1, 0.15) is 107 Å². The van der Waals surface area contributed by atoms with Crippen molar-refractivity contribution < 1.29 is 19.9 Å². The van der Waals surface area contributed by atoms with Gasteiger partial charge >= 0.3 is 6.09 Å². The number of unbranched alkanes of at least 4 members (excludes halogenated alkanes) is 3. The molecule has 1 amide bonds. The Morgan fingerprint density at radius 1 is 0.758 bits per heavy atom. The highest BCUT2D eigenvalue weighted by Gasteiger charge is 2.46. The fraction of sp³-hybridized carbons (Fsp3) is 0.960. The Morgan fingerprint density at radius 3 is 1.67 bits per heavy atom. The first-order valence-electron chi connectivity index (χ1n) is 12.7. The minimum Gasteiger partial charge on any atom is -0.446 e. The number of alkyl carbamates (subject to hydrolysis) is 1. The average molecular weight is 471 g/mol. The maximum absolute atomic E-state index is 12.2. The van der Waals surface area contributed by atoms with E-state index in [2.05, 4.69) is 38.3 Å². The lowest BCUT2D eigenvalue weighted by Crippen LogP contribution is -2.62. The fourth-order valence-electron chi connectivity index (χ4n) is 5.97. The summed E-state index contributed by atoms with van der Waals surface area (Å²) in [6, 6.07) is 0.419. The summed E-state index contributed by atoms with van der Waals surface area (Å²) >= 11 is 0. The molecule has 8 nitrogen and oxygen atoms in total. The number of nitrogens with one attached hydrogen (secondary N) is 2. The van der Waals surface area contributed by atoms with Crippen molar-refractivity contribution in [2.45, 2.75) is 141 Å². The van der Waals surface area contributed by atoms with Crippen LogP contribution in [0.15, 0.2) is 0 Å². The molecule has 0 saturated carbocycles. The molecule has 2 aliphatic rings. The molecule has 8 heteroatoms. The van der Waals surface area contributed by atoms with Crippen LogP contribution in [0, 0.1) is 0 Å². The van der Waals surface area contributed by atoms with Gasteiger partial charge in [-0.2, -0.15) is 10.1 Å². The molecule has 0 aromatic heterocycles. The number of hydrogen-bond acceptors (Lipinski definition) is 7. The van der Waals surface area contributed by atoms with Crippen LogP contribution >= 0.6 is 0 Å². The molecule has 194 valence electrons. The van der Waals surface area contributed by atoms with E-state index < -0.39 is 11.1 Å². The molecule has 0 aromatic carbocycles. The van der Waals surface area contributed by atoms with Crippen molar-refractivity contribution in [3.63, 3.8) is 0 Å². The van der Waals surface area contributed by atoms with Crippen LogP contribution in [0.2, 0.25) is 0 Å². The lowest BCUT2D eigenvalue weighted by Gasteiger charge is -2.51. The van der Waals surface area contributed by atoms with Gasteiger partial charge in [0.15, 0.2) is 0 Å². The van der Waals surface area contributed by atoms with Crippen molar-refractivity contribution in [1.82, 2.24) is 20.8 Å². The number of ether oxygens (including phenoxy) is 1. The van der Waals surface area contributed by atoms with Crippen LogP contribution in [0.3, 0.4) is 0 Å². The van der Waals surface area contributed by atoms with Crippen LogP contribution in [0.4, 0.5) is 4.79 Å². The first-order valence-corrected chi connectivity index (χ1v) is 12.7. The number of amides is 1. The first kappa shape index (κ1) is 28.3. The van der Waals surface area contributed by atoms with Crippen LogP contribution in [-0.4, -0.2) is 74.0 Å². The van der Waals surface area contributed by atoms with E-state index >= 15 is 0 Å². The Kier molecular flexibility index (Phi) is 9.24. The second-order valence-electron chi connectivity index (χ2n) is 12.7. The molecule has 0 bridgehead atoms. The van der Waals surface area contributed by atoms with Gasteiger partial charge in [0.2, 0.25) is 0 Å². The maximum atomic E-state index is 12.2. The monoisotopic (exact) mass is 470 g/mol. The topological polar surface area (TPSA) is 97.3 Å². The SMILES string of the molecule is CC1(C)CC(NCCCCCCNC(=O)OC2CC(C)(C)N(O)C(C)(C)C2)CC(C)(C)N1O. The third-order valence-corrected chi connectivity index (χ3v) is 7.32. The second kappa shape index (κ2) is 10.8. The molecule has 2 saturated heterocycles. The third-order valence-electron chi connectivity index (χ3n) is 7.32. The van der Waals surface area contributed by atoms with E-state index in [9.17, 15) is 15.2 Å². The molecule has 0 radical (unpaired) electrons. The molecule has 0 spiro atoms.